The highest BCUT2D eigenvalue weighted by Gasteiger charge is 1.97. The number of oxime groups is 1. The number of nitrogens with one attached hydrogen (secondary N) is 1. The van der Waals surface area contributed by atoms with Crippen LogP contribution in [0.1, 0.15) is 6.92 Å². The van der Waals surface area contributed by atoms with E-state index >= 15 is 0 Å². The summed E-state index contributed by atoms with van der Waals surface area (Å²) < 4.78 is 23.2. The van der Waals surface area contributed by atoms with Gasteiger partial charge in [-0.25, -0.2) is 13.1 Å². The molecule has 1 N–H and O–H groups in total. The molecule has 0 saturated heterocycles. The van der Waals surface area contributed by atoms with E-state index in [0.29, 0.717) is 0 Å². The highest BCUT2D eigenvalue weighted by Crippen LogP contribution is 1.75. The maximum Gasteiger partial charge on any atom is 0.208 e. The number of hydrogen-bond acceptors (Lipinski definition) is 4. The zero-order valence-electron chi connectivity index (χ0n) is 6.57. The zero-order valence-corrected chi connectivity index (χ0v) is 7.39. The van der Waals surface area contributed by atoms with E-state index in [1.807, 2.05) is 0 Å². The van der Waals surface area contributed by atoms with Crippen molar-refractivity contribution in [2.75, 3.05) is 19.4 Å². The van der Waals surface area contributed by atoms with Crippen LogP contribution in [0.2, 0.25) is 0 Å². The SMILES string of the molecule is C/C=N\OCCNS(C)(=O)=O. The quantitative estimate of drug-likeness (QED) is 0.354. The highest BCUT2D eigenvalue weighted by atomic mass is 32.2. The molecule has 0 saturated carbocycles. The smallest absolute Gasteiger partial charge is 0.208 e. The molecule has 0 rings (SSSR count). The normalized spacial score (nSPS) is 12.2. The minimum absolute atomic E-state index is 0.246. The first-order valence-corrected chi connectivity index (χ1v) is 5.00. The van der Waals surface area contributed by atoms with Gasteiger partial charge in [-0.05, 0) is 6.92 Å². The molecule has 11 heavy (non-hydrogen) atoms. The van der Waals surface area contributed by atoms with Gasteiger partial charge in [0, 0.05) is 12.8 Å². The van der Waals surface area contributed by atoms with E-state index in [4.69, 9.17) is 0 Å². The molecular weight excluding hydrogens is 168 g/mol. The fraction of sp³-hybridized carbons (Fsp3) is 0.800. The van der Waals surface area contributed by atoms with E-state index in [0.717, 1.165) is 6.26 Å². The van der Waals surface area contributed by atoms with Gasteiger partial charge in [0.15, 0.2) is 0 Å². The monoisotopic (exact) mass is 180 g/mol. The van der Waals surface area contributed by atoms with E-state index < -0.39 is 10.0 Å². The molecule has 0 aromatic carbocycles. The van der Waals surface area contributed by atoms with Crippen molar-refractivity contribution in [1.29, 1.82) is 0 Å². The summed E-state index contributed by atoms with van der Waals surface area (Å²) in [5.41, 5.74) is 0. The number of rotatable bonds is 5. The van der Waals surface area contributed by atoms with Crippen LogP contribution in [0.25, 0.3) is 0 Å². The van der Waals surface area contributed by atoms with Crippen molar-refractivity contribution >= 4 is 16.2 Å². The fourth-order valence-corrected chi connectivity index (χ4v) is 0.854. The van der Waals surface area contributed by atoms with Gasteiger partial charge in [-0.15, -0.1) is 0 Å². The van der Waals surface area contributed by atoms with Crippen molar-refractivity contribution in [1.82, 2.24) is 4.72 Å². The molecule has 0 unspecified atom stereocenters. The van der Waals surface area contributed by atoms with Crippen molar-refractivity contribution < 1.29 is 13.3 Å². The van der Waals surface area contributed by atoms with Crippen LogP contribution in [0.5, 0.6) is 0 Å². The Morgan fingerprint density at radius 2 is 2.27 bits per heavy atom. The van der Waals surface area contributed by atoms with Gasteiger partial charge in [0.05, 0.1) is 6.26 Å². The molecule has 0 radical (unpaired) electrons. The van der Waals surface area contributed by atoms with Crippen molar-refractivity contribution in [3.05, 3.63) is 0 Å². The van der Waals surface area contributed by atoms with Gasteiger partial charge < -0.3 is 4.84 Å². The van der Waals surface area contributed by atoms with Gasteiger partial charge >= 0.3 is 0 Å². The Balaban J connectivity index is 3.29. The molecular formula is C5H12N2O3S. The Hall–Kier alpha value is -0.620. The Bertz CT molecular complexity index is 210. The lowest BCUT2D eigenvalue weighted by Gasteiger charge is -1.99. The maximum atomic E-state index is 10.5. The summed E-state index contributed by atoms with van der Waals surface area (Å²) in [5.74, 6) is 0. The lowest BCUT2D eigenvalue weighted by Crippen LogP contribution is -2.25. The number of hydrogen-bond donors (Lipinski definition) is 1. The molecule has 0 aliphatic carbocycles. The van der Waals surface area contributed by atoms with Crippen LogP contribution < -0.4 is 4.72 Å². The number of sulfonamides is 1. The van der Waals surface area contributed by atoms with Gasteiger partial charge in [0.25, 0.3) is 0 Å². The second kappa shape index (κ2) is 5.09. The van der Waals surface area contributed by atoms with E-state index in [1.165, 1.54) is 6.21 Å². The Morgan fingerprint density at radius 1 is 1.64 bits per heavy atom. The van der Waals surface area contributed by atoms with Gasteiger partial charge in [-0.3, -0.25) is 0 Å². The standard InChI is InChI=1S/C5H12N2O3S/c1-3-6-10-5-4-7-11(2,8)9/h3,7H,4-5H2,1-2H3/b6-3-. The van der Waals surface area contributed by atoms with Crippen LogP contribution in [0.3, 0.4) is 0 Å². The largest absolute Gasteiger partial charge is 0.395 e. The summed E-state index contributed by atoms with van der Waals surface area (Å²) in [6.07, 6.45) is 2.58. The van der Waals surface area contributed by atoms with Crippen molar-refractivity contribution in [2.45, 2.75) is 6.92 Å². The van der Waals surface area contributed by atoms with Gasteiger partial charge in [-0.2, -0.15) is 0 Å². The van der Waals surface area contributed by atoms with Crippen molar-refractivity contribution in [3.63, 3.8) is 0 Å². The molecule has 0 bridgehead atoms. The van der Waals surface area contributed by atoms with E-state index in [1.54, 1.807) is 6.92 Å². The second-order valence-electron chi connectivity index (χ2n) is 1.86. The summed E-state index contributed by atoms with van der Waals surface area (Å²) in [4.78, 5) is 4.62. The molecule has 0 aliphatic rings. The van der Waals surface area contributed by atoms with Crippen LogP contribution in [0.15, 0.2) is 5.16 Å². The molecule has 66 valence electrons. The van der Waals surface area contributed by atoms with E-state index in [-0.39, 0.29) is 13.2 Å². The Labute approximate surface area is 66.5 Å². The lowest BCUT2D eigenvalue weighted by molar-refractivity contribution is 0.151. The maximum absolute atomic E-state index is 10.5. The highest BCUT2D eigenvalue weighted by molar-refractivity contribution is 7.88. The third-order valence-corrected chi connectivity index (χ3v) is 1.47. The van der Waals surface area contributed by atoms with Gasteiger partial charge in [0.1, 0.15) is 6.61 Å². The molecule has 0 spiro atoms. The molecule has 0 aliphatic heterocycles. The lowest BCUT2D eigenvalue weighted by atomic mass is 10.7. The van der Waals surface area contributed by atoms with Crippen LogP contribution in [-0.2, 0) is 14.9 Å². The third-order valence-electron chi connectivity index (χ3n) is 0.738. The topological polar surface area (TPSA) is 67.8 Å². The van der Waals surface area contributed by atoms with E-state index in [2.05, 4.69) is 14.7 Å². The molecule has 0 aromatic rings. The van der Waals surface area contributed by atoms with Crippen LogP contribution >= 0.6 is 0 Å². The molecule has 0 fully saturated rings. The fourth-order valence-electron chi connectivity index (χ4n) is 0.400. The summed E-state index contributed by atoms with van der Waals surface area (Å²) in [6.45, 7) is 2.21. The first kappa shape index (κ1) is 10.4. The van der Waals surface area contributed by atoms with Crippen LogP contribution in [0, 0.1) is 0 Å². The van der Waals surface area contributed by atoms with Crippen LogP contribution in [0.4, 0.5) is 0 Å². The summed E-state index contributed by atoms with van der Waals surface area (Å²) >= 11 is 0. The predicted molar refractivity (Wildman–Crippen MR) is 43.0 cm³/mol. The molecule has 0 heterocycles. The second-order valence-corrected chi connectivity index (χ2v) is 3.70. The zero-order chi connectivity index (χ0) is 8.74. The van der Waals surface area contributed by atoms with Crippen LogP contribution in [-0.4, -0.2) is 34.0 Å². The van der Waals surface area contributed by atoms with Gasteiger partial charge in [-0.1, -0.05) is 5.16 Å². The Kier molecular flexibility index (Phi) is 4.80. The average molecular weight is 180 g/mol. The molecule has 0 aromatic heterocycles. The van der Waals surface area contributed by atoms with Crippen molar-refractivity contribution in [3.8, 4) is 0 Å². The number of nitrogens with zero attached hydrogens (tertiary/aromatic N) is 1. The third kappa shape index (κ3) is 9.38. The van der Waals surface area contributed by atoms with Crippen molar-refractivity contribution in [2.24, 2.45) is 5.16 Å². The van der Waals surface area contributed by atoms with E-state index in [9.17, 15) is 8.42 Å². The molecule has 5 nitrogen and oxygen atoms in total. The average Bonchev–Trinajstić information content (AvgIpc) is 1.85. The minimum atomic E-state index is -3.09. The summed E-state index contributed by atoms with van der Waals surface area (Å²) in [5, 5.41) is 3.43. The molecule has 0 amide bonds. The first-order valence-electron chi connectivity index (χ1n) is 3.11. The molecule has 6 heteroatoms. The first-order chi connectivity index (χ1) is 5.06. The summed E-state index contributed by atoms with van der Waals surface area (Å²) in [7, 11) is -3.09. The minimum Gasteiger partial charge on any atom is -0.395 e. The predicted octanol–water partition coefficient (Wildman–Crippen LogP) is -0.442. The Morgan fingerprint density at radius 3 is 2.73 bits per heavy atom. The summed E-state index contributed by atoms with van der Waals surface area (Å²) in [6, 6.07) is 0. The van der Waals surface area contributed by atoms with Gasteiger partial charge in [0.2, 0.25) is 10.0 Å². The molecule has 0 atom stereocenters.